The van der Waals surface area contributed by atoms with Crippen molar-refractivity contribution in [3.8, 4) is 11.5 Å². The molecule has 0 saturated carbocycles. The number of hydrogen-bond donors (Lipinski definition) is 1. The Morgan fingerprint density at radius 3 is 2.67 bits per heavy atom. The summed E-state index contributed by atoms with van der Waals surface area (Å²) in [6.45, 7) is 0.134. The van der Waals surface area contributed by atoms with Crippen LogP contribution in [0.15, 0.2) is 65.3 Å². The van der Waals surface area contributed by atoms with Gasteiger partial charge < -0.3 is 19.2 Å². The van der Waals surface area contributed by atoms with Crippen LogP contribution in [0.3, 0.4) is 0 Å². The van der Waals surface area contributed by atoms with E-state index in [-0.39, 0.29) is 23.7 Å². The van der Waals surface area contributed by atoms with Crippen LogP contribution in [0.5, 0.6) is 11.5 Å². The lowest BCUT2D eigenvalue weighted by Crippen LogP contribution is -2.14. The number of nitro benzene ring substituents is 1. The molecule has 0 aliphatic heterocycles. The lowest BCUT2D eigenvalue weighted by atomic mass is 10.2. The maximum atomic E-state index is 12.6. The maximum absolute atomic E-state index is 12.6. The predicted molar refractivity (Wildman–Crippen MR) is 97.1 cm³/mol. The van der Waals surface area contributed by atoms with Crippen molar-refractivity contribution in [2.45, 2.75) is 6.61 Å². The molecule has 1 aromatic heterocycles. The number of rotatable bonds is 7. The lowest BCUT2D eigenvalue weighted by Gasteiger charge is -2.10. The van der Waals surface area contributed by atoms with E-state index in [9.17, 15) is 14.9 Å². The molecule has 0 aliphatic carbocycles. The third kappa shape index (κ3) is 4.24. The van der Waals surface area contributed by atoms with E-state index >= 15 is 0 Å². The zero-order chi connectivity index (χ0) is 19.2. The summed E-state index contributed by atoms with van der Waals surface area (Å²) >= 11 is 0. The standard InChI is InChI=1S/C19H16N2O6/c1-25-17-8-7-14(21(23)24)11-16(17)20-19(22)18-13(9-10-26-18)12-27-15-5-3-2-4-6-15/h2-11H,12H2,1H3,(H,20,22). The van der Waals surface area contributed by atoms with E-state index < -0.39 is 10.8 Å². The molecule has 1 amide bonds. The van der Waals surface area contributed by atoms with Crippen molar-refractivity contribution in [1.82, 2.24) is 0 Å². The molecule has 3 aromatic rings. The minimum Gasteiger partial charge on any atom is -0.495 e. The topological polar surface area (TPSA) is 104 Å². The van der Waals surface area contributed by atoms with Crippen molar-refractivity contribution in [2.75, 3.05) is 12.4 Å². The van der Waals surface area contributed by atoms with Crippen LogP contribution in [-0.2, 0) is 6.61 Å². The fourth-order valence-corrected chi connectivity index (χ4v) is 2.41. The second-order valence-corrected chi connectivity index (χ2v) is 5.47. The smallest absolute Gasteiger partial charge is 0.291 e. The van der Waals surface area contributed by atoms with Gasteiger partial charge in [-0.15, -0.1) is 0 Å². The molecule has 0 fully saturated rings. The minimum atomic E-state index is -0.564. The van der Waals surface area contributed by atoms with E-state index in [1.54, 1.807) is 18.2 Å². The van der Waals surface area contributed by atoms with Gasteiger partial charge in [0.2, 0.25) is 0 Å². The molecule has 1 N–H and O–H groups in total. The van der Waals surface area contributed by atoms with Crippen molar-refractivity contribution < 1.29 is 23.6 Å². The highest BCUT2D eigenvalue weighted by molar-refractivity contribution is 6.04. The van der Waals surface area contributed by atoms with Crippen LogP contribution in [0, 0.1) is 10.1 Å². The molecule has 2 aromatic carbocycles. The van der Waals surface area contributed by atoms with Crippen LogP contribution in [0.1, 0.15) is 16.1 Å². The summed E-state index contributed by atoms with van der Waals surface area (Å²) in [6.07, 6.45) is 1.38. The molecule has 0 bridgehead atoms. The molecule has 0 unspecified atom stereocenters. The largest absolute Gasteiger partial charge is 0.495 e. The summed E-state index contributed by atoms with van der Waals surface area (Å²) in [5.74, 6) is 0.443. The number of ether oxygens (including phenoxy) is 2. The van der Waals surface area contributed by atoms with Crippen molar-refractivity contribution in [2.24, 2.45) is 0 Å². The van der Waals surface area contributed by atoms with E-state index in [0.717, 1.165) is 0 Å². The van der Waals surface area contributed by atoms with Crippen molar-refractivity contribution >= 4 is 17.3 Å². The number of carbonyl (C=O) groups excluding carboxylic acids is 1. The maximum Gasteiger partial charge on any atom is 0.291 e. The third-order valence-electron chi connectivity index (χ3n) is 3.73. The van der Waals surface area contributed by atoms with Gasteiger partial charge in [-0.3, -0.25) is 14.9 Å². The summed E-state index contributed by atoms with van der Waals surface area (Å²) in [5.41, 5.74) is 0.543. The molecule has 1 heterocycles. The minimum absolute atomic E-state index is 0.0551. The predicted octanol–water partition coefficient (Wildman–Crippen LogP) is 4.03. The van der Waals surface area contributed by atoms with Gasteiger partial charge in [-0.25, -0.2) is 0 Å². The quantitative estimate of drug-likeness (QED) is 0.499. The van der Waals surface area contributed by atoms with Gasteiger partial charge >= 0.3 is 0 Å². The first-order valence-corrected chi connectivity index (χ1v) is 7.96. The number of methoxy groups -OCH3 is 1. The number of amides is 1. The van der Waals surface area contributed by atoms with Crippen LogP contribution in [-0.4, -0.2) is 17.9 Å². The van der Waals surface area contributed by atoms with E-state index in [1.165, 1.54) is 31.6 Å². The second kappa shape index (κ2) is 8.05. The van der Waals surface area contributed by atoms with Crippen LogP contribution < -0.4 is 14.8 Å². The number of carbonyl (C=O) groups is 1. The molecule has 0 atom stereocenters. The highest BCUT2D eigenvalue weighted by atomic mass is 16.6. The molecule has 0 spiro atoms. The summed E-state index contributed by atoms with van der Waals surface area (Å²) in [7, 11) is 1.41. The van der Waals surface area contributed by atoms with Gasteiger partial charge in [-0.05, 0) is 24.3 Å². The Bertz CT molecular complexity index is 952. The highest BCUT2D eigenvalue weighted by Crippen LogP contribution is 2.29. The van der Waals surface area contributed by atoms with Gasteiger partial charge in [0.1, 0.15) is 18.1 Å². The van der Waals surface area contributed by atoms with Gasteiger partial charge in [-0.1, -0.05) is 18.2 Å². The number of hydrogen-bond acceptors (Lipinski definition) is 6. The monoisotopic (exact) mass is 368 g/mol. The zero-order valence-corrected chi connectivity index (χ0v) is 14.4. The van der Waals surface area contributed by atoms with Crippen molar-refractivity contribution in [1.29, 1.82) is 0 Å². The van der Waals surface area contributed by atoms with E-state index in [4.69, 9.17) is 13.9 Å². The molecule has 138 valence electrons. The summed E-state index contributed by atoms with van der Waals surface area (Å²) in [5, 5.41) is 13.5. The molecule has 0 saturated heterocycles. The first kappa shape index (κ1) is 18.0. The summed E-state index contributed by atoms with van der Waals surface area (Å²) in [4.78, 5) is 23.0. The lowest BCUT2D eigenvalue weighted by molar-refractivity contribution is -0.384. The number of nitrogens with zero attached hydrogens (tertiary/aromatic N) is 1. The number of non-ortho nitro benzene ring substituents is 1. The number of para-hydroxylation sites is 1. The average molecular weight is 368 g/mol. The van der Waals surface area contributed by atoms with Gasteiger partial charge in [0.25, 0.3) is 11.6 Å². The Labute approximate surface area is 154 Å². The number of benzene rings is 2. The first-order chi connectivity index (χ1) is 13.1. The molecular weight excluding hydrogens is 352 g/mol. The molecule has 8 nitrogen and oxygen atoms in total. The van der Waals surface area contributed by atoms with Crippen LogP contribution >= 0.6 is 0 Å². The van der Waals surface area contributed by atoms with E-state index in [2.05, 4.69) is 5.32 Å². The molecule has 27 heavy (non-hydrogen) atoms. The van der Waals surface area contributed by atoms with E-state index in [1.807, 2.05) is 18.2 Å². The highest BCUT2D eigenvalue weighted by Gasteiger charge is 2.19. The van der Waals surface area contributed by atoms with Gasteiger partial charge in [0.05, 0.1) is 24.0 Å². The van der Waals surface area contributed by atoms with Crippen LogP contribution in [0.4, 0.5) is 11.4 Å². The normalized spacial score (nSPS) is 10.3. The second-order valence-electron chi connectivity index (χ2n) is 5.47. The Hall–Kier alpha value is -3.81. The molecular formula is C19H16N2O6. The van der Waals surface area contributed by atoms with Crippen molar-refractivity contribution in [3.05, 3.63) is 82.3 Å². The third-order valence-corrected chi connectivity index (χ3v) is 3.73. The van der Waals surface area contributed by atoms with Gasteiger partial charge in [-0.2, -0.15) is 0 Å². The summed E-state index contributed by atoms with van der Waals surface area (Å²) in [6, 6.07) is 14.7. The van der Waals surface area contributed by atoms with Crippen molar-refractivity contribution in [3.63, 3.8) is 0 Å². The fraction of sp³-hybridized carbons (Fsp3) is 0.105. The van der Waals surface area contributed by atoms with E-state index in [0.29, 0.717) is 17.1 Å². The van der Waals surface area contributed by atoms with Gasteiger partial charge in [0.15, 0.2) is 5.76 Å². The number of nitrogens with one attached hydrogen (secondary N) is 1. The van der Waals surface area contributed by atoms with Gasteiger partial charge in [0, 0.05) is 17.7 Å². The summed E-state index contributed by atoms with van der Waals surface area (Å²) < 4.78 is 16.0. The SMILES string of the molecule is COc1ccc([N+](=O)[O-])cc1NC(=O)c1occc1COc1ccccc1. The number of anilines is 1. The Morgan fingerprint density at radius 1 is 1.19 bits per heavy atom. The molecule has 3 rings (SSSR count). The number of furan rings is 1. The molecule has 0 radical (unpaired) electrons. The molecule has 0 aliphatic rings. The van der Waals surface area contributed by atoms with Crippen LogP contribution in [0.25, 0.3) is 0 Å². The fourth-order valence-electron chi connectivity index (χ4n) is 2.41. The number of nitro groups is 1. The Kier molecular flexibility index (Phi) is 5.36. The molecule has 8 heteroatoms. The Balaban J connectivity index is 1.77. The zero-order valence-electron chi connectivity index (χ0n) is 14.4. The first-order valence-electron chi connectivity index (χ1n) is 7.96. The Morgan fingerprint density at radius 2 is 1.96 bits per heavy atom. The van der Waals surface area contributed by atoms with Crippen LogP contribution in [0.2, 0.25) is 0 Å². The average Bonchev–Trinajstić information content (AvgIpc) is 3.16.